The number of hydrogen-bond donors (Lipinski definition) is 1. The lowest BCUT2D eigenvalue weighted by atomic mass is 9.94. The number of rotatable bonds is 6. The summed E-state index contributed by atoms with van der Waals surface area (Å²) in [5, 5.41) is 6.36. The predicted molar refractivity (Wildman–Crippen MR) is 132 cm³/mol. The number of carbonyl (C=O) groups is 1. The average molecular weight is 428 g/mol. The maximum atomic E-state index is 12.5. The van der Waals surface area contributed by atoms with Gasteiger partial charge in [0.1, 0.15) is 11.3 Å². The highest BCUT2D eigenvalue weighted by atomic mass is 16.5. The van der Waals surface area contributed by atoms with Gasteiger partial charge in [0.15, 0.2) is 0 Å². The summed E-state index contributed by atoms with van der Waals surface area (Å²) in [6.45, 7) is 7.99. The molecule has 1 amide bonds. The van der Waals surface area contributed by atoms with Crippen LogP contribution in [-0.4, -0.2) is 19.1 Å². The normalized spacial score (nSPS) is 12.8. The molecular formula is C28H29NO3. The quantitative estimate of drug-likeness (QED) is 0.341. The van der Waals surface area contributed by atoms with Crippen LogP contribution >= 0.6 is 0 Å². The summed E-state index contributed by atoms with van der Waals surface area (Å²) in [5.41, 5.74) is 5.60. The van der Waals surface area contributed by atoms with E-state index in [0.29, 0.717) is 0 Å². The number of nitrogens with one attached hydrogen (secondary N) is 1. The Labute approximate surface area is 188 Å². The van der Waals surface area contributed by atoms with Crippen LogP contribution in [0.1, 0.15) is 38.3 Å². The molecule has 0 fully saturated rings. The van der Waals surface area contributed by atoms with Gasteiger partial charge in [-0.1, -0.05) is 49.4 Å². The molecule has 0 aliphatic rings. The van der Waals surface area contributed by atoms with Crippen molar-refractivity contribution in [3.8, 4) is 16.9 Å². The molecule has 4 aromatic rings. The molecule has 0 saturated carbocycles. The van der Waals surface area contributed by atoms with Gasteiger partial charge in [-0.15, -0.1) is 0 Å². The SMILES string of the molecule is CCC(C)NC(=O)/C=C(\C)c1cc2c(-c3cccc4ccccc34)coc2c(C)c1OC. The number of ether oxygens (including phenoxy) is 1. The van der Waals surface area contributed by atoms with Crippen LogP contribution in [-0.2, 0) is 4.79 Å². The lowest BCUT2D eigenvalue weighted by molar-refractivity contribution is -0.117. The molecule has 1 atom stereocenters. The largest absolute Gasteiger partial charge is 0.496 e. The number of carbonyl (C=O) groups excluding carboxylic acids is 1. The molecule has 4 nitrogen and oxygen atoms in total. The average Bonchev–Trinajstić information content (AvgIpc) is 3.22. The molecule has 0 aliphatic carbocycles. The van der Waals surface area contributed by atoms with E-state index in [4.69, 9.17) is 9.15 Å². The summed E-state index contributed by atoms with van der Waals surface area (Å²) in [7, 11) is 1.65. The first-order valence-corrected chi connectivity index (χ1v) is 11.0. The van der Waals surface area contributed by atoms with Gasteiger partial charge in [-0.3, -0.25) is 4.79 Å². The van der Waals surface area contributed by atoms with Crippen LogP contribution in [0.3, 0.4) is 0 Å². The number of furan rings is 1. The van der Waals surface area contributed by atoms with E-state index in [9.17, 15) is 4.79 Å². The van der Waals surface area contributed by atoms with Crippen molar-refractivity contribution < 1.29 is 13.9 Å². The van der Waals surface area contributed by atoms with E-state index in [1.54, 1.807) is 13.2 Å². The second-order valence-electron chi connectivity index (χ2n) is 8.28. The predicted octanol–water partition coefficient (Wildman–Crippen LogP) is 6.89. The highest BCUT2D eigenvalue weighted by Gasteiger charge is 2.19. The molecule has 0 spiro atoms. The molecule has 0 radical (unpaired) electrons. The Morgan fingerprint density at radius 1 is 1.12 bits per heavy atom. The first-order valence-electron chi connectivity index (χ1n) is 11.0. The van der Waals surface area contributed by atoms with Crippen molar-refractivity contribution in [1.82, 2.24) is 5.32 Å². The minimum absolute atomic E-state index is 0.0990. The van der Waals surface area contributed by atoms with Crippen LogP contribution < -0.4 is 10.1 Å². The summed E-state index contributed by atoms with van der Waals surface area (Å²) in [6, 6.07) is 16.8. The van der Waals surface area contributed by atoms with Gasteiger partial charge in [-0.25, -0.2) is 0 Å². The Bertz CT molecular complexity index is 1320. The van der Waals surface area contributed by atoms with Crippen molar-refractivity contribution in [2.45, 2.75) is 40.2 Å². The fourth-order valence-electron chi connectivity index (χ4n) is 4.20. The Hall–Kier alpha value is -3.53. The topological polar surface area (TPSA) is 51.5 Å². The highest BCUT2D eigenvalue weighted by Crippen LogP contribution is 2.42. The molecule has 0 bridgehead atoms. The van der Waals surface area contributed by atoms with Crippen LogP contribution in [0.15, 0.2) is 65.3 Å². The molecule has 1 heterocycles. The lowest BCUT2D eigenvalue weighted by Crippen LogP contribution is -2.30. The first kappa shape index (κ1) is 21.7. The van der Waals surface area contributed by atoms with E-state index in [0.717, 1.165) is 51.0 Å². The number of amides is 1. The first-order chi connectivity index (χ1) is 15.4. The third kappa shape index (κ3) is 3.89. The Morgan fingerprint density at radius 2 is 1.88 bits per heavy atom. The fraction of sp³-hybridized carbons (Fsp3) is 0.250. The number of hydrogen-bond acceptors (Lipinski definition) is 3. The van der Waals surface area contributed by atoms with Gasteiger partial charge in [0.25, 0.3) is 0 Å². The second kappa shape index (κ2) is 8.91. The second-order valence-corrected chi connectivity index (χ2v) is 8.28. The number of methoxy groups -OCH3 is 1. The molecule has 0 aliphatic heterocycles. The Balaban J connectivity index is 1.89. The van der Waals surface area contributed by atoms with Crippen molar-refractivity contribution in [3.63, 3.8) is 0 Å². The molecule has 1 unspecified atom stereocenters. The van der Waals surface area contributed by atoms with Crippen LogP contribution in [0.5, 0.6) is 5.75 Å². The third-order valence-corrected chi connectivity index (χ3v) is 6.10. The van der Waals surface area contributed by atoms with E-state index < -0.39 is 0 Å². The van der Waals surface area contributed by atoms with Crippen molar-refractivity contribution in [2.75, 3.05) is 7.11 Å². The number of fused-ring (bicyclic) bond motifs is 2. The zero-order valence-corrected chi connectivity index (χ0v) is 19.3. The lowest BCUT2D eigenvalue weighted by Gasteiger charge is -2.14. The third-order valence-electron chi connectivity index (χ3n) is 6.10. The molecule has 4 rings (SSSR count). The maximum Gasteiger partial charge on any atom is 0.244 e. The molecule has 3 aromatic carbocycles. The van der Waals surface area contributed by atoms with E-state index >= 15 is 0 Å². The summed E-state index contributed by atoms with van der Waals surface area (Å²) >= 11 is 0. The van der Waals surface area contributed by atoms with Gasteiger partial charge in [0, 0.05) is 34.2 Å². The molecular weight excluding hydrogens is 398 g/mol. The molecule has 0 saturated heterocycles. The van der Waals surface area contributed by atoms with Gasteiger partial charge < -0.3 is 14.5 Å². The van der Waals surface area contributed by atoms with Gasteiger partial charge in [-0.2, -0.15) is 0 Å². The number of benzene rings is 3. The summed E-state index contributed by atoms with van der Waals surface area (Å²) < 4.78 is 11.8. The van der Waals surface area contributed by atoms with Crippen molar-refractivity contribution >= 4 is 33.2 Å². The van der Waals surface area contributed by atoms with Crippen molar-refractivity contribution in [2.24, 2.45) is 0 Å². The van der Waals surface area contributed by atoms with E-state index in [1.807, 2.05) is 33.1 Å². The Kier molecular flexibility index (Phi) is 6.04. The van der Waals surface area contributed by atoms with E-state index in [2.05, 4.69) is 54.7 Å². The van der Waals surface area contributed by atoms with Crippen LogP contribution in [0.25, 0.3) is 38.4 Å². The molecule has 32 heavy (non-hydrogen) atoms. The van der Waals surface area contributed by atoms with Crippen molar-refractivity contribution in [3.05, 3.63) is 72.0 Å². The zero-order chi connectivity index (χ0) is 22.8. The van der Waals surface area contributed by atoms with Gasteiger partial charge in [-0.05, 0) is 55.2 Å². The minimum Gasteiger partial charge on any atom is -0.496 e. The monoisotopic (exact) mass is 427 g/mol. The van der Waals surface area contributed by atoms with E-state index in [1.165, 1.54) is 10.8 Å². The standard InChI is InChI=1S/C28H29NO3/c1-6-18(3)29-26(30)14-17(2)23-15-24-25(16-32-28(24)19(4)27(23)31-5)22-13-9-11-20-10-7-8-12-21(20)22/h7-16,18H,6H2,1-5H3,(H,29,30)/b17-14+. The van der Waals surface area contributed by atoms with Crippen LogP contribution in [0.2, 0.25) is 0 Å². The summed E-state index contributed by atoms with van der Waals surface area (Å²) in [6.07, 6.45) is 4.35. The molecule has 164 valence electrons. The molecule has 1 N–H and O–H groups in total. The maximum absolute atomic E-state index is 12.5. The van der Waals surface area contributed by atoms with Gasteiger partial charge in [0.2, 0.25) is 5.91 Å². The van der Waals surface area contributed by atoms with Gasteiger partial charge >= 0.3 is 0 Å². The van der Waals surface area contributed by atoms with Crippen LogP contribution in [0, 0.1) is 6.92 Å². The number of aryl methyl sites for hydroxylation is 1. The fourth-order valence-corrected chi connectivity index (χ4v) is 4.20. The van der Waals surface area contributed by atoms with Gasteiger partial charge in [0.05, 0.1) is 13.4 Å². The zero-order valence-electron chi connectivity index (χ0n) is 19.3. The molecule has 1 aromatic heterocycles. The summed E-state index contributed by atoms with van der Waals surface area (Å²) in [5.74, 6) is 0.625. The smallest absolute Gasteiger partial charge is 0.244 e. The van der Waals surface area contributed by atoms with Crippen LogP contribution in [0.4, 0.5) is 0 Å². The number of allylic oxidation sites excluding steroid dienone is 1. The van der Waals surface area contributed by atoms with E-state index in [-0.39, 0.29) is 11.9 Å². The molecule has 4 heteroatoms. The van der Waals surface area contributed by atoms with Crippen molar-refractivity contribution in [1.29, 1.82) is 0 Å². The minimum atomic E-state index is -0.0990. The summed E-state index contributed by atoms with van der Waals surface area (Å²) in [4.78, 5) is 12.5. The Morgan fingerprint density at radius 3 is 2.62 bits per heavy atom. The highest BCUT2D eigenvalue weighted by molar-refractivity contribution is 6.07.